The molecule has 1 amide bonds. The van der Waals surface area contributed by atoms with Crippen molar-refractivity contribution in [3.63, 3.8) is 0 Å². The lowest BCUT2D eigenvalue weighted by molar-refractivity contribution is 0.0947. The molecule has 17 heavy (non-hydrogen) atoms. The number of benzene rings is 1. The van der Waals surface area contributed by atoms with E-state index in [1.807, 2.05) is 44.2 Å². The van der Waals surface area contributed by atoms with Crippen LogP contribution in [0.1, 0.15) is 23.5 Å². The lowest BCUT2D eigenvalue weighted by Gasteiger charge is -2.07. The predicted molar refractivity (Wildman–Crippen MR) is 69.0 cm³/mol. The van der Waals surface area contributed by atoms with E-state index in [2.05, 4.69) is 15.8 Å². The highest BCUT2D eigenvalue weighted by Gasteiger charge is 2.16. The third kappa shape index (κ3) is 2.71. The number of amides is 1. The van der Waals surface area contributed by atoms with Gasteiger partial charge in [-0.3, -0.25) is 4.79 Å². The second kappa shape index (κ2) is 5.10. The molecule has 0 spiro atoms. The van der Waals surface area contributed by atoms with E-state index in [4.69, 9.17) is 0 Å². The van der Waals surface area contributed by atoms with Crippen LogP contribution in [-0.4, -0.2) is 16.9 Å². The molecule has 3 nitrogen and oxygen atoms in total. The van der Waals surface area contributed by atoms with Gasteiger partial charge in [0.1, 0.15) is 4.88 Å². The van der Waals surface area contributed by atoms with E-state index in [1.54, 1.807) is 0 Å². The summed E-state index contributed by atoms with van der Waals surface area (Å²) in [4.78, 5) is 16.7. The number of hydrogen-bond acceptors (Lipinski definition) is 3. The summed E-state index contributed by atoms with van der Waals surface area (Å²) in [6, 6.07) is 9.79. The van der Waals surface area contributed by atoms with Gasteiger partial charge < -0.3 is 5.32 Å². The Bertz CT molecular complexity index is 505. The smallest absolute Gasteiger partial charge is 0.263 e. The second-order valence-corrected chi connectivity index (χ2v) is 4.77. The quantitative estimate of drug-likeness (QED) is 0.903. The van der Waals surface area contributed by atoms with Crippen molar-refractivity contribution < 1.29 is 4.79 Å². The summed E-state index contributed by atoms with van der Waals surface area (Å²) in [5.74, 6) is -0.0856. The Labute approximate surface area is 105 Å². The molecule has 0 fully saturated rings. The molecule has 1 N–H and O–H groups in total. The molecule has 1 heterocycles. The molecule has 0 aliphatic heterocycles. The van der Waals surface area contributed by atoms with Crippen molar-refractivity contribution in [1.82, 2.24) is 10.3 Å². The summed E-state index contributed by atoms with van der Waals surface area (Å²) in [6.45, 7) is 3.87. The van der Waals surface area contributed by atoms with Gasteiger partial charge in [0.15, 0.2) is 5.51 Å². The number of rotatable bonds is 3. The average molecular weight is 245 g/mol. The number of carbonyl (C=O) groups is 1. The van der Waals surface area contributed by atoms with E-state index in [1.165, 1.54) is 11.3 Å². The second-order valence-electron chi connectivity index (χ2n) is 3.98. The van der Waals surface area contributed by atoms with Crippen LogP contribution in [0.4, 0.5) is 0 Å². The van der Waals surface area contributed by atoms with Crippen molar-refractivity contribution in [2.75, 3.05) is 0 Å². The number of nitrogens with zero attached hydrogens (tertiary/aromatic N) is 1. The van der Waals surface area contributed by atoms with Crippen molar-refractivity contribution in [2.24, 2.45) is 0 Å². The van der Waals surface area contributed by atoms with E-state index in [-0.39, 0.29) is 11.9 Å². The zero-order valence-electron chi connectivity index (χ0n) is 9.73. The van der Waals surface area contributed by atoms with Crippen molar-refractivity contribution in [3.8, 4) is 11.3 Å². The third-order valence-electron chi connectivity index (χ3n) is 2.19. The van der Waals surface area contributed by atoms with Crippen LogP contribution < -0.4 is 5.32 Å². The highest BCUT2D eigenvalue weighted by molar-refractivity contribution is 7.11. The molecule has 1 radical (unpaired) electrons. The molecule has 0 aliphatic rings. The summed E-state index contributed by atoms with van der Waals surface area (Å²) in [5, 5.41) is 2.87. The van der Waals surface area contributed by atoms with Crippen LogP contribution in [0.3, 0.4) is 0 Å². The number of aromatic nitrogens is 1. The number of thiazole rings is 1. The molecule has 2 rings (SSSR count). The summed E-state index contributed by atoms with van der Waals surface area (Å²) in [5.41, 5.74) is 4.43. The first-order valence-corrected chi connectivity index (χ1v) is 6.23. The zero-order chi connectivity index (χ0) is 12.3. The minimum atomic E-state index is -0.0856. The van der Waals surface area contributed by atoms with Crippen molar-refractivity contribution in [2.45, 2.75) is 19.9 Å². The maximum atomic E-state index is 11.9. The molecule has 0 bridgehead atoms. The SMILES string of the molecule is CC(C)NC(=O)c1s[c]nc1-c1ccccc1. The van der Waals surface area contributed by atoms with E-state index < -0.39 is 0 Å². The fourth-order valence-corrected chi connectivity index (χ4v) is 2.13. The van der Waals surface area contributed by atoms with Crippen molar-refractivity contribution >= 4 is 17.2 Å². The van der Waals surface area contributed by atoms with Gasteiger partial charge >= 0.3 is 0 Å². The first-order chi connectivity index (χ1) is 8.18. The van der Waals surface area contributed by atoms with Gasteiger partial charge in [0.25, 0.3) is 5.91 Å². The van der Waals surface area contributed by atoms with Crippen LogP contribution >= 0.6 is 11.3 Å². The molecule has 4 heteroatoms. The van der Waals surface area contributed by atoms with E-state index in [9.17, 15) is 4.79 Å². The monoisotopic (exact) mass is 245 g/mol. The molecule has 2 aromatic rings. The van der Waals surface area contributed by atoms with E-state index in [0.29, 0.717) is 10.6 Å². The molecular weight excluding hydrogens is 232 g/mol. The minimum absolute atomic E-state index is 0.0856. The summed E-state index contributed by atoms with van der Waals surface area (Å²) < 4.78 is 0. The molecular formula is C13H13N2OS. The topological polar surface area (TPSA) is 42.0 Å². The average Bonchev–Trinajstić information content (AvgIpc) is 2.78. The lowest BCUT2D eigenvalue weighted by Crippen LogP contribution is -2.29. The molecule has 87 valence electrons. The van der Waals surface area contributed by atoms with Gasteiger partial charge in [-0.25, -0.2) is 4.98 Å². The van der Waals surface area contributed by atoms with Crippen LogP contribution in [0.15, 0.2) is 30.3 Å². The summed E-state index contributed by atoms with van der Waals surface area (Å²) >= 11 is 1.25. The fourth-order valence-electron chi connectivity index (χ4n) is 1.49. The van der Waals surface area contributed by atoms with Crippen LogP contribution in [0.2, 0.25) is 0 Å². The normalized spacial score (nSPS) is 10.5. The Hall–Kier alpha value is -1.68. The highest BCUT2D eigenvalue weighted by Crippen LogP contribution is 2.24. The van der Waals surface area contributed by atoms with Gasteiger partial charge in [0.2, 0.25) is 0 Å². The molecule has 0 atom stereocenters. The molecule has 0 saturated carbocycles. The molecule has 1 aromatic carbocycles. The van der Waals surface area contributed by atoms with Crippen LogP contribution in [-0.2, 0) is 0 Å². The molecule has 1 aromatic heterocycles. The fraction of sp³-hybridized carbons (Fsp3) is 0.231. The third-order valence-corrected chi connectivity index (χ3v) is 2.96. The standard InChI is InChI=1S/C13H13N2OS/c1-9(2)15-13(16)12-11(14-8-17-12)10-6-4-3-5-7-10/h3-7,9H,1-2H3,(H,15,16). The van der Waals surface area contributed by atoms with Gasteiger partial charge in [0, 0.05) is 11.6 Å². The van der Waals surface area contributed by atoms with Crippen molar-refractivity contribution in [3.05, 3.63) is 40.7 Å². The van der Waals surface area contributed by atoms with Crippen molar-refractivity contribution in [1.29, 1.82) is 0 Å². The highest BCUT2D eigenvalue weighted by atomic mass is 32.1. The predicted octanol–water partition coefficient (Wildman–Crippen LogP) is 2.75. The lowest BCUT2D eigenvalue weighted by atomic mass is 10.1. The van der Waals surface area contributed by atoms with Gasteiger partial charge in [-0.15, -0.1) is 11.3 Å². The maximum absolute atomic E-state index is 11.9. The number of nitrogens with one attached hydrogen (secondary N) is 1. The summed E-state index contributed by atoms with van der Waals surface area (Å²) in [7, 11) is 0. The van der Waals surface area contributed by atoms with Gasteiger partial charge in [-0.05, 0) is 13.8 Å². The minimum Gasteiger partial charge on any atom is -0.349 e. The Morgan fingerprint density at radius 2 is 2.06 bits per heavy atom. The Balaban J connectivity index is 2.32. The van der Waals surface area contributed by atoms with E-state index >= 15 is 0 Å². The van der Waals surface area contributed by atoms with Crippen LogP contribution in [0, 0.1) is 5.51 Å². The Morgan fingerprint density at radius 1 is 1.35 bits per heavy atom. The Morgan fingerprint density at radius 3 is 2.71 bits per heavy atom. The van der Waals surface area contributed by atoms with E-state index in [0.717, 1.165) is 5.56 Å². The van der Waals surface area contributed by atoms with Gasteiger partial charge in [-0.2, -0.15) is 0 Å². The largest absolute Gasteiger partial charge is 0.349 e. The summed E-state index contributed by atoms with van der Waals surface area (Å²) in [6.07, 6.45) is 0. The van der Waals surface area contributed by atoms with Crippen LogP contribution in [0.5, 0.6) is 0 Å². The first-order valence-electron chi connectivity index (χ1n) is 5.41. The Kier molecular flexibility index (Phi) is 3.54. The first kappa shape index (κ1) is 11.8. The van der Waals surface area contributed by atoms with Crippen LogP contribution in [0.25, 0.3) is 11.3 Å². The maximum Gasteiger partial charge on any atom is 0.263 e. The zero-order valence-corrected chi connectivity index (χ0v) is 10.5. The number of hydrogen-bond donors (Lipinski definition) is 1. The molecule has 0 unspecified atom stereocenters. The molecule has 0 aliphatic carbocycles. The van der Waals surface area contributed by atoms with Gasteiger partial charge in [-0.1, -0.05) is 30.3 Å². The number of carbonyl (C=O) groups excluding carboxylic acids is 1. The molecule has 0 saturated heterocycles. The van der Waals surface area contributed by atoms with Gasteiger partial charge in [0.05, 0.1) is 5.69 Å².